The number of nitrogens with zero attached hydrogens (tertiary/aromatic N) is 3. The van der Waals surface area contributed by atoms with Gasteiger partial charge < -0.3 is 9.47 Å². The number of carbonyl (C=O) groups excluding carboxylic acids is 1. The molecule has 100 valence electrons. The third kappa shape index (κ3) is 3.32. The average molecular weight is 253 g/mol. The topological polar surface area (TPSA) is 64.3 Å². The van der Waals surface area contributed by atoms with Crippen LogP contribution >= 0.6 is 0 Å². The van der Waals surface area contributed by atoms with Crippen molar-refractivity contribution in [1.29, 1.82) is 0 Å². The maximum atomic E-state index is 12.0. The van der Waals surface area contributed by atoms with Gasteiger partial charge in [-0.25, -0.2) is 4.79 Å². The molecule has 0 unspecified atom stereocenters. The monoisotopic (exact) mass is 253 g/mol. The first-order valence-electron chi connectivity index (χ1n) is 5.97. The van der Waals surface area contributed by atoms with Crippen molar-refractivity contribution in [3.63, 3.8) is 0 Å². The van der Waals surface area contributed by atoms with Crippen molar-refractivity contribution >= 4 is 5.91 Å². The second-order valence-corrected chi connectivity index (χ2v) is 4.32. The van der Waals surface area contributed by atoms with E-state index in [1.54, 1.807) is 14.1 Å². The molecule has 1 aromatic rings. The molecule has 6 nitrogen and oxygen atoms in total. The number of aromatic nitrogens is 2. The lowest BCUT2D eigenvalue weighted by Gasteiger charge is -2.11. The Balaban J connectivity index is 2.95. The standard InChI is InChI=1S/C12H19N3O3/c1-4-7-14-8-5-11(17)15(12(14)18)9-6-10(16)13(2)3/h5,8H,4,6-7,9H2,1-3H3. The van der Waals surface area contributed by atoms with E-state index in [9.17, 15) is 14.4 Å². The van der Waals surface area contributed by atoms with Crippen LogP contribution in [0.5, 0.6) is 0 Å². The minimum atomic E-state index is -0.362. The first kappa shape index (κ1) is 14.2. The lowest BCUT2D eigenvalue weighted by Crippen LogP contribution is -2.40. The van der Waals surface area contributed by atoms with E-state index in [2.05, 4.69) is 0 Å². The number of carbonyl (C=O) groups is 1. The summed E-state index contributed by atoms with van der Waals surface area (Å²) in [7, 11) is 3.29. The molecule has 0 spiro atoms. The molecule has 1 heterocycles. The van der Waals surface area contributed by atoms with Gasteiger partial charge in [0.15, 0.2) is 0 Å². The molecule has 0 radical (unpaired) electrons. The molecular weight excluding hydrogens is 234 g/mol. The molecule has 0 aliphatic carbocycles. The smallest absolute Gasteiger partial charge is 0.330 e. The van der Waals surface area contributed by atoms with Crippen LogP contribution in [0, 0.1) is 0 Å². The SMILES string of the molecule is CCCn1ccc(=O)n(CCC(=O)N(C)C)c1=O. The van der Waals surface area contributed by atoms with Crippen LogP contribution in [0.1, 0.15) is 19.8 Å². The fraction of sp³-hybridized carbons (Fsp3) is 0.583. The fourth-order valence-corrected chi connectivity index (χ4v) is 1.60. The Morgan fingerprint density at radius 2 is 1.94 bits per heavy atom. The number of aryl methyl sites for hydroxylation is 1. The van der Waals surface area contributed by atoms with Crippen LogP contribution in [0.4, 0.5) is 0 Å². The second kappa shape index (κ2) is 6.18. The average Bonchev–Trinajstić information content (AvgIpc) is 2.32. The number of hydrogen-bond acceptors (Lipinski definition) is 3. The van der Waals surface area contributed by atoms with Gasteiger partial charge >= 0.3 is 5.69 Å². The molecule has 0 atom stereocenters. The normalized spacial score (nSPS) is 10.4. The highest BCUT2D eigenvalue weighted by Crippen LogP contribution is 1.90. The zero-order chi connectivity index (χ0) is 13.7. The van der Waals surface area contributed by atoms with Crippen molar-refractivity contribution in [2.45, 2.75) is 32.9 Å². The highest BCUT2D eigenvalue weighted by molar-refractivity contribution is 5.75. The van der Waals surface area contributed by atoms with E-state index in [4.69, 9.17) is 0 Å². The Bertz CT molecular complexity index is 528. The minimum absolute atomic E-state index is 0.104. The Labute approximate surface area is 105 Å². The molecule has 0 fully saturated rings. The van der Waals surface area contributed by atoms with Crippen LogP contribution in [0.3, 0.4) is 0 Å². The summed E-state index contributed by atoms with van der Waals surface area (Å²) in [6.45, 7) is 2.65. The maximum absolute atomic E-state index is 12.0. The van der Waals surface area contributed by atoms with Crippen LogP contribution in [0.25, 0.3) is 0 Å². The molecule has 1 rings (SSSR count). The van der Waals surface area contributed by atoms with Crippen LogP contribution < -0.4 is 11.2 Å². The van der Waals surface area contributed by atoms with Crippen LogP contribution in [-0.4, -0.2) is 34.0 Å². The molecule has 0 saturated heterocycles. The van der Waals surface area contributed by atoms with Crippen molar-refractivity contribution in [3.05, 3.63) is 33.1 Å². The van der Waals surface area contributed by atoms with Gasteiger partial charge in [-0.15, -0.1) is 0 Å². The molecule has 0 aromatic carbocycles. The maximum Gasteiger partial charge on any atom is 0.330 e. The van der Waals surface area contributed by atoms with Gasteiger partial charge in [0.05, 0.1) is 0 Å². The van der Waals surface area contributed by atoms with Crippen LogP contribution in [0.15, 0.2) is 21.9 Å². The summed E-state index contributed by atoms with van der Waals surface area (Å²) < 4.78 is 2.60. The zero-order valence-electron chi connectivity index (χ0n) is 11.0. The highest BCUT2D eigenvalue weighted by atomic mass is 16.2. The summed E-state index contributed by atoms with van der Waals surface area (Å²) in [6, 6.07) is 1.36. The van der Waals surface area contributed by atoms with Crippen molar-refractivity contribution in [1.82, 2.24) is 14.0 Å². The van der Waals surface area contributed by atoms with Gasteiger partial charge in [0.2, 0.25) is 5.91 Å². The van der Waals surface area contributed by atoms with E-state index >= 15 is 0 Å². The molecule has 0 N–H and O–H groups in total. The van der Waals surface area contributed by atoms with Crippen molar-refractivity contribution in [3.8, 4) is 0 Å². The van der Waals surface area contributed by atoms with E-state index in [0.717, 1.165) is 11.0 Å². The van der Waals surface area contributed by atoms with E-state index in [1.807, 2.05) is 6.92 Å². The Morgan fingerprint density at radius 3 is 2.50 bits per heavy atom. The summed E-state index contributed by atoms with van der Waals surface area (Å²) in [5, 5.41) is 0. The van der Waals surface area contributed by atoms with Crippen molar-refractivity contribution in [2.24, 2.45) is 0 Å². The van der Waals surface area contributed by atoms with Gasteiger partial charge in [-0.2, -0.15) is 0 Å². The molecule has 6 heteroatoms. The van der Waals surface area contributed by atoms with Gasteiger partial charge in [-0.3, -0.25) is 14.2 Å². The predicted molar refractivity (Wildman–Crippen MR) is 68.6 cm³/mol. The lowest BCUT2D eigenvalue weighted by molar-refractivity contribution is -0.128. The van der Waals surface area contributed by atoms with E-state index in [1.165, 1.54) is 21.7 Å². The van der Waals surface area contributed by atoms with Crippen LogP contribution in [-0.2, 0) is 17.9 Å². The number of hydrogen-bond donors (Lipinski definition) is 0. The Hall–Kier alpha value is -1.85. The van der Waals surface area contributed by atoms with Gasteiger partial charge in [-0.1, -0.05) is 6.92 Å². The molecule has 0 aliphatic rings. The number of amides is 1. The molecular formula is C12H19N3O3. The summed E-state index contributed by atoms with van der Waals surface area (Å²) in [5.74, 6) is -0.104. The predicted octanol–water partition coefficient (Wildman–Crippen LogP) is -0.102. The first-order chi connectivity index (χ1) is 8.47. The fourth-order valence-electron chi connectivity index (χ4n) is 1.60. The second-order valence-electron chi connectivity index (χ2n) is 4.32. The quantitative estimate of drug-likeness (QED) is 0.736. The summed E-state index contributed by atoms with van der Waals surface area (Å²) in [5.41, 5.74) is -0.713. The summed E-state index contributed by atoms with van der Waals surface area (Å²) >= 11 is 0. The molecule has 18 heavy (non-hydrogen) atoms. The van der Waals surface area contributed by atoms with Gasteiger partial charge in [0.1, 0.15) is 0 Å². The Kier molecular flexibility index (Phi) is 4.88. The lowest BCUT2D eigenvalue weighted by atomic mass is 10.3. The summed E-state index contributed by atoms with van der Waals surface area (Å²) in [6.07, 6.45) is 2.46. The summed E-state index contributed by atoms with van der Waals surface area (Å²) in [4.78, 5) is 36.5. The largest absolute Gasteiger partial charge is 0.349 e. The zero-order valence-corrected chi connectivity index (χ0v) is 11.0. The molecule has 0 saturated carbocycles. The Morgan fingerprint density at radius 1 is 1.28 bits per heavy atom. The minimum Gasteiger partial charge on any atom is -0.349 e. The van der Waals surface area contributed by atoms with Crippen LogP contribution in [0.2, 0.25) is 0 Å². The molecule has 0 bridgehead atoms. The first-order valence-corrected chi connectivity index (χ1v) is 5.97. The van der Waals surface area contributed by atoms with Crippen molar-refractivity contribution < 1.29 is 4.79 Å². The van der Waals surface area contributed by atoms with Gasteiger partial charge in [0, 0.05) is 45.9 Å². The third-order valence-corrected chi connectivity index (χ3v) is 2.65. The third-order valence-electron chi connectivity index (χ3n) is 2.65. The number of rotatable bonds is 5. The van der Waals surface area contributed by atoms with E-state index in [0.29, 0.717) is 6.54 Å². The van der Waals surface area contributed by atoms with Gasteiger partial charge in [-0.05, 0) is 6.42 Å². The highest BCUT2D eigenvalue weighted by Gasteiger charge is 2.08. The van der Waals surface area contributed by atoms with Gasteiger partial charge in [0.25, 0.3) is 5.56 Å². The van der Waals surface area contributed by atoms with E-state index in [-0.39, 0.29) is 30.1 Å². The molecule has 1 aromatic heterocycles. The molecule has 1 amide bonds. The molecule has 0 aliphatic heterocycles. The van der Waals surface area contributed by atoms with E-state index < -0.39 is 0 Å². The van der Waals surface area contributed by atoms with Crippen molar-refractivity contribution in [2.75, 3.05) is 14.1 Å².